The van der Waals surface area contributed by atoms with Crippen LogP contribution in [0.15, 0.2) is 36.4 Å². The van der Waals surface area contributed by atoms with E-state index >= 15 is 0 Å². The van der Waals surface area contributed by atoms with Gasteiger partial charge in [0, 0.05) is 26.7 Å². The second-order valence-electron chi connectivity index (χ2n) is 4.78. The molecule has 0 aliphatic rings. The monoisotopic (exact) mass is 327 g/mol. The predicted molar refractivity (Wildman–Crippen MR) is 88.2 cm³/mol. The lowest BCUT2D eigenvalue weighted by Crippen LogP contribution is -2.20. The highest BCUT2D eigenvalue weighted by Crippen LogP contribution is 2.33. The van der Waals surface area contributed by atoms with Crippen molar-refractivity contribution in [2.75, 3.05) is 7.05 Å². The second kappa shape index (κ2) is 6.82. The Morgan fingerprint density at radius 1 is 1.00 bits per heavy atom. The Balaban J connectivity index is 2.34. The molecule has 0 bridgehead atoms. The van der Waals surface area contributed by atoms with Gasteiger partial charge in [-0.2, -0.15) is 0 Å². The molecule has 106 valence electrons. The standard InChI is InChI=1S/C16H16Cl3N/c1-10-6-7-11(14(19)8-10)9-15(20-2)16-12(17)4-3-5-13(16)18/h3-8,15,20H,9H2,1-2H3. The molecule has 0 spiro atoms. The molecule has 0 fully saturated rings. The van der Waals surface area contributed by atoms with E-state index < -0.39 is 0 Å². The summed E-state index contributed by atoms with van der Waals surface area (Å²) in [5.41, 5.74) is 3.14. The van der Waals surface area contributed by atoms with Crippen molar-refractivity contribution in [3.05, 3.63) is 68.2 Å². The van der Waals surface area contributed by atoms with Gasteiger partial charge in [-0.1, -0.05) is 53.0 Å². The zero-order valence-corrected chi connectivity index (χ0v) is 13.7. The smallest absolute Gasteiger partial charge is 0.0468 e. The SMILES string of the molecule is CNC(Cc1ccc(C)cc1Cl)c1c(Cl)cccc1Cl. The molecule has 1 unspecified atom stereocenters. The van der Waals surface area contributed by atoms with Crippen LogP contribution in [0.25, 0.3) is 0 Å². The molecule has 2 aromatic carbocycles. The first-order valence-electron chi connectivity index (χ1n) is 6.39. The van der Waals surface area contributed by atoms with Gasteiger partial charge in [0.1, 0.15) is 0 Å². The van der Waals surface area contributed by atoms with E-state index in [-0.39, 0.29) is 6.04 Å². The van der Waals surface area contributed by atoms with Gasteiger partial charge in [-0.25, -0.2) is 0 Å². The van der Waals surface area contributed by atoms with E-state index in [2.05, 4.69) is 11.4 Å². The minimum absolute atomic E-state index is 0.0245. The van der Waals surface area contributed by atoms with Crippen LogP contribution in [-0.4, -0.2) is 7.05 Å². The van der Waals surface area contributed by atoms with Crippen LogP contribution < -0.4 is 5.32 Å². The number of nitrogens with one attached hydrogen (secondary N) is 1. The van der Waals surface area contributed by atoms with Crippen molar-refractivity contribution >= 4 is 34.8 Å². The molecule has 0 aliphatic carbocycles. The summed E-state index contributed by atoms with van der Waals surface area (Å²) in [5.74, 6) is 0. The molecular formula is C16H16Cl3N. The second-order valence-corrected chi connectivity index (χ2v) is 6.00. The minimum Gasteiger partial charge on any atom is -0.313 e. The number of benzene rings is 2. The lowest BCUT2D eigenvalue weighted by molar-refractivity contribution is 0.592. The molecular weight excluding hydrogens is 313 g/mol. The molecule has 0 heterocycles. The van der Waals surface area contributed by atoms with Crippen LogP contribution in [-0.2, 0) is 6.42 Å². The van der Waals surface area contributed by atoms with E-state index in [0.29, 0.717) is 10.0 Å². The van der Waals surface area contributed by atoms with Gasteiger partial charge in [-0.05, 0) is 49.7 Å². The number of hydrogen-bond donors (Lipinski definition) is 1. The van der Waals surface area contributed by atoms with Crippen LogP contribution in [0.4, 0.5) is 0 Å². The van der Waals surface area contributed by atoms with Crippen LogP contribution in [0.5, 0.6) is 0 Å². The molecule has 0 aliphatic heterocycles. The first-order chi connectivity index (χ1) is 9.52. The van der Waals surface area contributed by atoms with Gasteiger partial charge >= 0.3 is 0 Å². The van der Waals surface area contributed by atoms with Gasteiger partial charge in [-0.15, -0.1) is 0 Å². The molecule has 2 aromatic rings. The Bertz CT molecular complexity index is 590. The van der Waals surface area contributed by atoms with Crippen molar-refractivity contribution in [3.63, 3.8) is 0 Å². The number of aryl methyl sites for hydroxylation is 1. The summed E-state index contributed by atoms with van der Waals surface area (Å²) in [6, 6.07) is 11.6. The summed E-state index contributed by atoms with van der Waals surface area (Å²) in [6.07, 6.45) is 0.735. The summed E-state index contributed by atoms with van der Waals surface area (Å²) in [5, 5.41) is 5.37. The lowest BCUT2D eigenvalue weighted by Gasteiger charge is -2.20. The van der Waals surface area contributed by atoms with Crippen molar-refractivity contribution in [2.45, 2.75) is 19.4 Å². The fourth-order valence-electron chi connectivity index (χ4n) is 2.23. The number of halogens is 3. The molecule has 1 atom stereocenters. The third-order valence-electron chi connectivity index (χ3n) is 3.33. The van der Waals surface area contributed by atoms with Gasteiger partial charge in [0.25, 0.3) is 0 Å². The maximum Gasteiger partial charge on any atom is 0.0468 e. The zero-order chi connectivity index (χ0) is 14.7. The molecule has 4 heteroatoms. The third-order valence-corrected chi connectivity index (χ3v) is 4.34. The Hall–Kier alpha value is -0.730. The highest BCUT2D eigenvalue weighted by atomic mass is 35.5. The van der Waals surface area contributed by atoms with Gasteiger partial charge < -0.3 is 5.32 Å². The van der Waals surface area contributed by atoms with Crippen LogP contribution in [0.3, 0.4) is 0 Å². The van der Waals surface area contributed by atoms with E-state index in [4.69, 9.17) is 34.8 Å². The van der Waals surface area contributed by atoms with Crippen molar-refractivity contribution in [3.8, 4) is 0 Å². The zero-order valence-electron chi connectivity index (χ0n) is 11.4. The van der Waals surface area contributed by atoms with Crippen LogP contribution in [0.2, 0.25) is 15.1 Å². The number of rotatable bonds is 4. The fraction of sp³-hybridized carbons (Fsp3) is 0.250. The van der Waals surface area contributed by atoms with Crippen LogP contribution in [0.1, 0.15) is 22.7 Å². The summed E-state index contributed by atoms with van der Waals surface area (Å²) < 4.78 is 0. The summed E-state index contributed by atoms with van der Waals surface area (Å²) >= 11 is 18.9. The highest BCUT2D eigenvalue weighted by Gasteiger charge is 2.18. The van der Waals surface area contributed by atoms with E-state index in [9.17, 15) is 0 Å². The van der Waals surface area contributed by atoms with E-state index in [1.54, 1.807) is 0 Å². The average Bonchev–Trinajstić information content (AvgIpc) is 2.39. The topological polar surface area (TPSA) is 12.0 Å². The fourth-order valence-corrected chi connectivity index (χ4v) is 3.20. The Morgan fingerprint density at radius 3 is 2.20 bits per heavy atom. The first-order valence-corrected chi connectivity index (χ1v) is 7.52. The summed E-state index contributed by atoms with van der Waals surface area (Å²) in [4.78, 5) is 0. The molecule has 1 nitrogen and oxygen atoms in total. The normalized spacial score (nSPS) is 12.4. The molecule has 0 amide bonds. The van der Waals surface area contributed by atoms with Crippen molar-refractivity contribution in [1.29, 1.82) is 0 Å². The summed E-state index contributed by atoms with van der Waals surface area (Å²) in [7, 11) is 1.90. The Morgan fingerprint density at radius 2 is 1.65 bits per heavy atom. The van der Waals surface area contributed by atoms with Crippen molar-refractivity contribution in [2.24, 2.45) is 0 Å². The third kappa shape index (κ3) is 3.48. The quantitative estimate of drug-likeness (QED) is 0.786. The maximum atomic E-state index is 6.30. The highest BCUT2D eigenvalue weighted by molar-refractivity contribution is 6.36. The Kier molecular flexibility index (Phi) is 5.34. The van der Waals surface area contributed by atoms with Gasteiger partial charge in [-0.3, -0.25) is 0 Å². The average molecular weight is 329 g/mol. The largest absolute Gasteiger partial charge is 0.313 e. The van der Waals surface area contributed by atoms with E-state index in [1.165, 1.54) is 0 Å². The maximum absolute atomic E-state index is 6.30. The minimum atomic E-state index is 0.0245. The number of hydrogen-bond acceptors (Lipinski definition) is 1. The first kappa shape index (κ1) is 15.7. The van der Waals surface area contributed by atoms with Crippen molar-refractivity contribution in [1.82, 2.24) is 5.32 Å². The van der Waals surface area contributed by atoms with Gasteiger partial charge in [0.05, 0.1) is 0 Å². The van der Waals surface area contributed by atoms with Gasteiger partial charge in [0.15, 0.2) is 0 Å². The molecule has 0 saturated heterocycles. The predicted octanol–water partition coefficient (Wildman–Crippen LogP) is 5.46. The molecule has 20 heavy (non-hydrogen) atoms. The molecule has 1 N–H and O–H groups in total. The number of likely N-dealkylation sites (N-methyl/N-ethyl adjacent to an activating group) is 1. The molecule has 0 saturated carbocycles. The molecule has 0 aromatic heterocycles. The van der Waals surface area contributed by atoms with Gasteiger partial charge in [0.2, 0.25) is 0 Å². The lowest BCUT2D eigenvalue weighted by atomic mass is 9.98. The summed E-state index contributed by atoms with van der Waals surface area (Å²) in [6.45, 7) is 2.02. The molecule has 0 radical (unpaired) electrons. The Labute approximate surface area is 134 Å². The van der Waals surface area contributed by atoms with Crippen LogP contribution in [0, 0.1) is 6.92 Å². The van der Waals surface area contributed by atoms with Crippen molar-refractivity contribution < 1.29 is 0 Å². The van der Waals surface area contributed by atoms with E-state index in [1.807, 2.05) is 44.3 Å². The van der Waals surface area contributed by atoms with Crippen LogP contribution >= 0.6 is 34.8 Å². The molecule has 2 rings (SSSR count). The van der Waals surface area contributed by atoms with E-state index in [0.717, 1.165) is 28.1 Å².